The summed E-state index contributed by atoms with van der Waals surface area (Å²) in [4.78, 5) is -0.185. The summed E-state index contributed by atoms with van der Waals surface area (Å²) < 4.78 is 38.8. The molecule has 0 bridgehead atoms. The molecule has 0 spiro atoms. The molecule has 0 aliphatic rings. The zero-order valence-corrected chi connectivity index (χ0v) is 9.64. The molecule has 0 aliphatic heterocycles. The van der Waals surface area contributed by atoms with Crippen LogP contribution in [0.15, 0.2) is 29.7 Å². The molecule has 0 aliphatic carbocycles. The molecule has 3 N–H and O–H groups in total. The van der Waals surface area contributed by atoms with Gasteiger partial charge in [-0.05, 0) is 19.1 Å². The molecule has 1 aromatic carbocycles. The molecule has 6 heteroatoms. The van der Waals surface area contributed by atoms with E-state index >= 15 is 0 Å². The Bertz CT molecular complexity index is 489. The minimum atomic E-state index is -3.73. The minimum Gasteiger partial charge on any atom is -0.398 e. The number of anilines is 1. The van der Waals surface area contributed by atoms with E-state index in [-0.39, 0.29) is 22.7 Å². The SMILES string of the molecule is C=CCNS(=O)(=O)c1cc(N)c(C)c(F)c1. The Balaban J connectivity index is 3.19. The fourth-order valence-corrected chi connectivity index (χ4v) is 2.13. The molecule has 1 rings (SSSR count). The fraction of sp³-hybridized carbons (Fsp3) is 0.200. The Kier molecular flexibility index (Phi) is 3.66. The third-order valence-electron chi connectivity index (χ3n) is 2.09. The highest BCUT2D eigenvalue weighted by Gasteiger charge is 2.16. The number of halogens is 1. The van der Waals surface area contributed by atoms with Crippen LogP contribution < -0.4 is 10.5 Å². The predicted molar refractivity (Wildman–Crippen MR) is 60.9 cm³/mol. The van der Waals surface area contributed by atoms with Crippen molar-refractivity contribution in [2.24, 2.45) is 0 Å². The van der Waals surface area contributed by atoms with Gasteiger partial charge in [-0.2, -0.15) is 0 Å². The lowest BCUT2D eigenvalue weighted by atomic mass is 10.2. The number of hydrogen-bond acceptors (Lipinski definition) is 3. The molecule has 0 saturated carbocycles. The van der Waals surface area contributed by atoms with Crippen molar-refractivity contribution in [3.05, 3.63) is 36.2 Å². The molecule has 0 saturated heterocycles. The Hall–Kier alpha value is -1.40. The molecule has 1 aromatic rings. The van der Waals surface area contributed by atoms with Gasteiger partial charge in [0.15, 0.2) is 0 Å². The second kappa shape index (κ2) is 4.63. The Morgan fingerprint density at radius 3 is 2.69 bits per heavy atom. The molecule has 16 heavy (non-hydrogen) atoms. The van der Waals surface area contributed by atoms with Gasteiger partial charge >= 0.3 is 0 Å². The first-order valence-electron chi connectivity index (χ1n) is 4.54. The molecular formula is C10H13FN2O2S. The van der Waals surface area contributed by atoms with Gasteiger partial charge in [0, 0.05) is 17.8 Å². The highest BCUT2D eigenvalue weighted by atomic mass is 32.2. The highest BCUT2D eigenvalue weighted by Crippen LogP contribution is 2.20. The summed E-state index contributed by atoms with van der Waals surface area (Å²) >= 11 is 0. The van der Waals surface area contributed by atoms with Crippen molar-refractivity contribution in [2.75, 3.05) is 12.3 Å². The van der Waals surface area contributed by atoms with E-state index in [1.165, 1.54) is 19.1 Å². The second-order valence-electron chi connectivity index (χ2n) is 3.26. The van der Waals surface area contributed by atoms with Crippen molar-refractivity contribution in [1.29, 1.82) is 0 Å². The van der Waals surface area contributed by atoms with Crippen LogP contribution in [0.3, 0.4) is 0 Å². The Morgan fingerprint density at radius 2 is 2.19 bits per heavy atom. The normalized spacial score (nSPS) is 11.4. The number of rotatable bonds is 4. The molecule has 0 heterocycles. The van der Waals surface area contributed by atoms with Crippen molar-refractivity contribution in [3.63, 3.8) is 0 Å². The number of nitrogens with two attached hydrogens (primary N) is 1. The van der Waals surface area contributed by atoms with Crippen molar-refractivity contribution in [2.45, 2.75) is 11.8 Å². The molecule has 0 unspecified atom stereocenters. The summed E-state index contributed by atoms with van der Waals surface area (Å²) in [6.07, 6.45) is 1.39. The number of nitrogen functional groups attached to an aromatic ring is 1. The van der Waals surface area contributed by atoms with Gasteiger partial charge in [-0.1, -0.05) is 6.08 Å². The lowest BCUT2D eigenvalue weighted by Gasteiger charge is -2.08. The van der Waals surface area contributed by atoms with Crippen molar-refractivity contribution < 1.29 is 12.8 Å². The smallest absolute Gasteiger partial charge is 0.241 e. The van der Waals surface area contributed by atoms with Crippen LogP contribution in [0.4, 0.5) is 10.1 Å². The fourth-order valence-electron chi connectivity index (χ4n) is 1.08. The summed E-state index contributed by atoms with van der Waals surface area (Å²) in [7, 11) is -3.73. The molecule has 0 atom stereocenters. The second-order valence-corrected chi connectivity index (χ2v) is 5.03. The number of benzene rings is 1. The lowest BCUT2D eigenvalue weighted by molar-refractivity contribution is 0.580. The van der Waals surface area contributed by atoms with Crippen LogP contribution in [-0.4, -0.2) is 15.0 Å². The van der Waals surface area contributed by atoms with Crippen molar-refractivity contribution in [3.8, 4) is 0 Å². The molecule has 0 amide bonds. The molecular weight excluding hydrogens is 231 g/mol. The predicted octanol–water partition coefficient (Wildman–Crippen LogP) is 1.18. The van der Waals surface area contributed by atoms with Gasteiger partial charge in [-0.25, -0.2) is 17.5 Å². The van der Waals surface area contributed by atoms with Crippen LogP contribution in [0.2, 0.25) is 0 Å². The van der Waals surface area contributed by atoms with E-state index in [1.807, 2.05) is 0 Å². The zero-order valence-electron chi connectivity index (χ0n) is 8.83. The summed E-state index contributed by atoms with van der Waals surface area (Å²) in [5, 5.41) is 0. The Labute approximate surface area is 94.0 Å². The largest absolute Gasteiger partial charge is 0.398 e. The van der Waals surface area contributed by atoms with Gasteiger partial charge in [0.1, 0.15) is 5.82 Å². The van der Waals surface area contributed by atoms with Crippen molar-refractivity contribution in [1.82, 2.24) is 4.72 Å². The standard InChI is InChI=1S/C10H13FN2O2S/c1-3-4-13-16(14,15)8-5-9(11)7(2)10(12)6-8/h3,5-6,13H,1,4,12H2,2H3. The summed E-state index contributed by atoms with van der Waals surface area (Å²) in [5.74, 6) is -0.640. The maximum Gasteiger partial charge on any atom is 0.241 e. The highest BCUT2D eigenvalue weighted by molar-refractivity contribution is 7.89. The van der Waals surface area contributed by atoms with E-state index in [0.29, 0.717) is 0 Å². The monoisotopic (exact) mass is 244 g/mol. The van der Waals surface area contributed by atoms with Crippen LogP contribution >= 0.6 is 0 Å². The van der Waals surface area contributed by atoms with Crippen molar-refractivity contribution >= 4 is 15.7 Å². The maximum atomic E-state index is 13.3. The third kappa shape index (κ3) is 2.59. The van der Waals surface area contributed by atoms with E-state index in [2.05, 4.69) is 11.3 Å². The first kappa shape index (κ1) is 12.7. The zero-order chi connectivity index (χ0) is 12.3. The molecule has 0 radical (unpaired) electrons. The number of hydrogen-bond donors (Lipinski definition) is 2. The Morgan fingerprint density at radius 1 is 1.56 bits per heavy atom. The molecule has 0 aromatic heterocycles. The molecule has 88 valence electrons. The van der Waals surface area contributed by atoms with Gasteiger partial charge in [0.05, 0.1) is 4.90 Å². The average molecular weight is 244 g/mol. The molecule has 0 fully saturated rings. The number of nitrogens with one attached hydrogen (secondary N) is 1. The van der Waals surface area contributed by atoms with Crippen LogP contribution in [0.25, 0.3) is 0 Å². The van der Waals surface area contributed by atoms with E-state index < -0.39 is 15.8 Å². The van der Waals surface area contributed by atoms with Gasteiger partial charge in [-0.15, -0.1) is 6.58 Å². The van der Waals surface area contributed by atoms with E-state index in [9.17, 15) is 12.8 Å². The maximum absolute atomic E-state index is 13.3. The van der Waals surface area contributed by atoms with Gasteiger partial charge in [0.25, 0.3) is 0 Å². The van der Waals surface area contributed by atoms with Crippen LogP contribution in [-0.2, 0) is 10.0 Å². The van der Waals surface area contributed by atoms with Gasteiger partial charge in [0.2, 0.25) is 10.0 Å². The van der Waals surface area contributed by atoms with Gasteiger partial charge < -0.3 is 5.73 Å². The quantitative estimate of drug-likeness (QED) is 0.617. The van der Waals surface area contributed by atoms with Crippen LogP contribution in [0.1, 0.15) is 5.56 Å². The molecule has 4 nitrogen and oxygen atoms in total. The minimum absolute atomic E-state index is 0.0811. The summed E-state index contributed by atoms with van der Waals surface area (Å²) in [6.45, 7) is 4.95. The van der Waals surface area contributed by atoms with E-state index in [4.69, 9.17) is 5.73 Å². The lowest BCUT2D eigenvalue weighted by Crippen LogP contribution is -2.24. The van der Waals surface area contributed by atoms with E-state index in [1.54, 1.807) is 0 Å². The van der Waals surface area contributed by atoms with Crippen LogP contribution in [0, 0.1) is 12.7 Å². The number of sulfonamides is 1. The van der Waals surface area contributed by atoms with Gasteiger partial charge in [-0.3, -0.25) is 0 Å². The topological polar surface area (TPSA) is 72.2 Å². The summed E-state index contributed by atoms with van der Waals surface area (Å²) in [6, 6.07) is 2.17. The summed E-state index contributed by atoms with van der Waals surface area (Å²) in [5.41, 5.74) is 5.84. The first-order valence-corrected chi connectivity index (χ1v) is 6.03. The van der Waals surface area contributed by atoms with E-state index in [0.717, 1.165) is 6.07 Å². The first-order chi connectivity index (χ1) is 7.38. The van der Waals surface area contributed by atoms with Crippen LogP contribution in [0.5, 0.6) is 0 Å². The average Bonchev–Trinajstić information content (AvgIpc) is 2.22. The third-order valence-corrected chi connectivity index (χ3v) is 3.49.